The van der Waals surface area contributed by atoms with Crippen molar-refractivity contribution in [1.29, 1.82) is 0 Å². The first-order chi connectivity index (χ1) is 7.07. The van der Waals surface area contributed by atoms with Crippen molar-refractivity contribution in [2.45, 2.75) is 6.04 Å². The van der Waals surface area contributed by atoms with E-state index in [1.807, 2.05) is 0 Å². The molecule has 5 N–H and O–H groups in total. The number of anilines is 1. The Morgan fingerprint density at radius 3 is 2.67 bits per heavy atom. The number of hydrogen-bond donors (Lipinski definition) is 3. The molecule has 0 spiro atoms. The Bertz CT molecular complexity index is 354. The number of benzene rings is 1. The van der Waals surface area contributed by atoms with Crippen LogP contribution in [0.3, 0.4) is 0 Å². The molecule has 1 aromatic carbocycles. The van der Waals surface area contributed by atoms with Gasteiger partial charge in [-0.2, -0.15) is 0 Å². The summed E-state index contributed by atoms with van der Waals surface area (Å²) in [7, 11) is 1.56. The third-order valence-corrected chi connectivity index (χ3v) is 2.22. The van der Waals surface area contributed by atoms with Crippen LogP contribution in [0, 0.1) is 0 Å². The number of hydrogen-bond acceptors (Lipinski definition) is 3. The number of amides is 2. The second kappa shape index (κ2) is 4.77. The van der Waals surface area contributed by atoms with E-state index in [4.69, 9.17) is 16.6 Å². The van der Waals surface area contributed by atoms with Gasteiger partial charge in [-0.05, 0) is 11.6 Å². The largest absolute Gasteiger partial charge is 0.394 e. The minimum Gasteiger partial charge on any atom is -0.394 e. The molecule has 0 fully saturated rings. The zero-order valence-electron chi connectivity index (χ0n) is 8.55. The molecule has 5 heteroatoms. The predicted molar refractivity (Wildman–Crippen MR) is 58.4 cm³/mol. The molecular weight excluding hydrogens is 194 g/mol. The molecule has 0 aromatic heterocycles. The molecule has 0 aliphatic heterocycles. The standard InChI is InChI=1S/C10H15N3O2/c1-13(10(12)15)9-5-3-2-4-7(9)8(11)6-14/h2-5,8,14H,6,11H2,1H3,(H2,12,15). The highest BCUT2D eigenvalue weighted by Crippen LogP contribution is 2.23. The Balaban J connectivity index is 3.11. The molecule has 0 radical (unpaired) electrons. The van der Waals surface area contributed by atoms with Crippen LogP contribution < -0.4 is 16.4 Å². The zero-order chi connectivity index (χ0) is 11.4. The molecule has 0 bridgehead atoms. The van der Waals surface area contributed by atoms with Gasteiger partial charge in [0.2, 0.25) is 0 Å². The van der Waals surface area contributed by atoms with Gasteiger partial charge in [0.1, 0.15) is 0 Å². The number of aliphatic hydroxyl groups excluding tert-OH is 1. The van der Waals surface area contributed by atoms with E-state index in [2.05, 4.69) is 0 Å². The van der Waals surface area contributed by atoms with Gasteiger partial charge in [0.25, 0.3) is 0 Å². The van der Waals surface area contributed by atoms with Gasteiger partial charge in [-0.1, -0.05) is 18.2 Å². The lowest BCUT2D eigenvalue weighted by Gasteiger charge is -2.20. The van der Waals surface area contributed by atoms with Crippen LogP contribution in [0.15, 0.2) is 24.3 Å². The van der Waals surface area contributed by atoms with E-state index in [0.29, 0.717) is 11.3 Å². The molecule has 0 saturated heterocycles. The minimum atomic E-state index is -0.562. The van der Waals surface area contributed by atoms with Crippen molar-refractivity contribution in [2.24, 2.45) is 11.5 Å². The highest BCUT2D eigenvalue weighted by Gasteiger charge is 2.14. The summed E-state index contributed by atoms with van der Waals surface area (Å²) in [4.78, 5) is 12.3. The Kier molecular flexibility index (Phi) is 3.65. The van der Waals surface area contributed by atoms with E-state index in [9.17, 15) is 4.79 Å². The van der Waals surface area contributed by atoms with Crippen LogP contribution in [-0.4, -0.2) is 24.8 Å². The molecule has 15 heavy (non-hydrogen) atoms. The summed E-state index contributed by atoms with van der Waals surface area (Å²) in [5, 5.41) is 8.97. The molecule has 1 rings (SSSR count). The predicted octanol–water partition coefficient (Wildman–Crippen LogP) is 0.194. The summed E-state index contributed by atoms with van der Waals surface area (Å²) in [6.45, 7) is -0.177. The number of carbonyl (C=O) groups excluding carboxylic acids is 1. The maximum absolute atomic E-state index is 11.0. The maximum Gasteiger partial charge on any atom is 0.319 e. The summed E-state index contributed by atoms with van der Waals surface area (Å²) in [6.07, 6.45) is 0. The topological polar surface area (TPSA) is 92.6 Å². The van der Waals surface area contributed by atoms with Gasteiger partial charge < -0.3 is 16.6 Å². The lowest BCUT2D eigenvalue weighted by atomic mass is 10.1. The van der Waals surface area contributed by atoms with Crippen molar-refractivity contribution in [3.63, 3.8) is 0 Å². The number of urea groups is 1. The number of aliphatic hydroxyl groups is 1. The van der Waals surface area contributed by atoms with Crippen LogP contribution in [-0.2, 0) is 0 Å². The van der Waals surface area contributed by atoms with Crippen LogP contribution in [0.25, 0.3) is 0 Å². The van der Waals surface area contributed by atoms with Gasteiger partial charge in [-0.15, -0.1) is 0 Å². The van der Waals surface area contributed by atoms with E-state index in [1.165, 1.54) is 4.90 Å². The fourth-order valence-corrected chi connectivity index (χ4v) is 1.32. The first kappa shape index (κ1) is 11.5. The number of nitrogens with two attached hydrogens (primary N) is 2. The molecule has 0 saturated carbocycles. The lowest BCUT2D eigenvalue weighted by molar-refractivity contribution is 0.254. The number of primary amides is 1. The first-order valence-corrected chi connectivity index (χ1v) is 4.56. The fraction of sp³-hybridized carbons (Fsp3) is 0.300. The summed E-state index contributed by atoms with van der Waals surface area (Å²) >= 11 is 0. The van der Waals surface area contributed by atoms with E-state index in [0.717, 1.165) is 0 Å². The number of rotatable bonds is 3. The molecule has 0 heterocycles. The highest BCUT2D eigenvalue weighted by molar-refractivity contribution is 5.91. The molecule has 1 aromatic rings. The molecule has 5 nitrogen and oxygen atoms in total. The van der Waals surface area contributed by atoms with Crippen LogP contribution in [0.5, 0.6) is 0 Å². The Morgan fingerprint density at radius 2 is 2.13 bits per heavy atom. The lowest BCUT2D eigenvalue weighted by Crippen LogP contribution is -2.33. The van der Waals surface area contributed by atoms with Crippen LogP contribution in [0.1, 0.15) is 11.6 Å². The van der Waals surface area contributed by atoms with Crippen molar-refractivity contribution in [3.8, 4) is 0 Å². The van der Waals surface area contributed by atoms with Gasteiger partial charge in [-0.25, -0.2) is 4.79 Å². The number of carbonyl (C=O) groups is 1. The Morgan fingerprint density at radius 1 is 1.53 bits per heavy atom. The zero-order valence-corrected chi connectivity index (χ0v) is 8.55. The van der Waals surface area contributed by atoms with E-state index < -0.39 is 12.1 Å². The third-order valence-electron chi connectivity index (χ3n) is 2.22. The van der Waals surface area contributed by atoms with Crippen LogP contribution in [0.4, 0.5) is 10.5 Å². The monoisotopic (exact) mass is 209 g/mol. The first-order valence-electron chi connectivity index (χ1n) is 4.56. The quantitative estimate of drug-likeness (QED) is 0.663. The summed E-state index contributed by atoms with van der Waals surface area (Å²) in [5.41, 5.74) is 12.2. The minimum absolute atomic E-state index is 0.177. The summed E-state index contributed by atoms with van der Waals surface area (Å²) in [5.74, 6) is 0. The second-order valence-corrected chi connectivity index (χ2v) is 3.25. The van der Waals surface area contributed by atoms with Gasteiger partial charge >= 0.3 is 6.03 Å². The van der Waals surface area contributed by atoms with Crippen molar-refractivity contribution in [2.75, 3.05) is 18.6 Å². The smallest absolute Gasteiger partial charge is 0.319 e. The number of nitrogens with zero attached hydrogens (tertiary/aromatic N) is 1. The maximum atomic E-state index is 11.0. The Labute approximate surface area is 88.3 Å². The Hall–Kier alpha value is -1.59. The van der Waals surface area contributed by atoms with Crippen molar-refractivity contribution in [3.05, 3.63) is 29.8 Å². The van der Waals surface area contributed by atoms with Gasteiger partial charge in [0.05, 0.1) is 12.6 Å². The highest BCUT2D eigenvalue weighted by atomic mass is 16.3. The third kappa shape index (κ3) is 2.45. The van der Waals surface area contributed by atoms with E-state index >= 15 is 0 Å². The van der Waals surface area contributed by atoms with Crippen LogP contribution >= 0.6 is 0 Å². The fourth-order valence-electron chi connectivity index (χ4n) is 1.32. The van der Waals surface area contributed by atoms with Crippen molar-refractivity contribution < 1.29 is 9.90 Å². The average molecular weight is 209 g/mol. The van der Waals surface area contributed by atoms with E-state index in [-0.39, 0.29) is 6.61 Å². The summed E-state index contributed by atoms with van der Waals surface area (Å²) in [6, 6.07) is 5.99. The molecule has 82 valence electrons. The van der Waals surface area contributed by atoms with E-state index in [1.54, 1.807) is 31.3 Å². The van der Waals surface area contributed by atoms with Gasteiger partial charge in [-0.3, -0.25) is 4.90 Å². The average Bonchev–Trinajstić information content (AvgIpc) is 2.27. The SMILES string of the molecule is CN(C(N)=O)c1ccccc1C(N)CO. The molecular formula is C10H15N3O2. The molecule has 1 atom stereocenters. The van der Waals surface area contributed by atoms with Crippen molar-refractivity contribution in [1.82, 2.24) is 0 Å². The summed E-state index contributed by atoms with van der Waals surface area (Å²) < 4.78 is 0. The second-order valence-electron chi connectivity index (χ2n) is 3.25. The molecule has 0 aliphatic rings. The molecule has 0 aliphatic carbocycles. The molecule has 1 unspecified atom stereocenters. The van der Waals surface area contributed by atoms with Gasteiger partial charge in [0, 0.05) is 12.7 Å². The normalized spacial score (nSPS) is 12.2. The van der Waals surface area contributed by atoms with Crippen LogP contribution in [0.2, 0.25) is 0 Å². The molecule has 2 amide bonds. The van der Waals surface area contributed by atoms with Gasteiger partial charge in [0.15, 0.2) is 0 Å². The van der Waals surface area contributed by atoms with Crippen molar-refractivity contribution >= 4 is 11.7 Å². The number of para-hydroxylation sites is 1.